The first kappa shape index (κ1) is 14.7. The van der Waals surface area contributed by atoms with Gasteiger partial charge in [-0.2, -0.15) is 4.98 Å². The highest BCUT2D eigenvalue weighted by atomic mass is 79.9. The van der Waals surface area contributed by atoms with Gasteiger partial charge in [-0.1, -0.05) is 15.9 Å². The summed E-state index contributed by atoms with van der Waals surface area (Å²) in [5.74, 6) is 1.03. The molecule has 2 rings (SSSR count). The molecule has 0 spiro atoms. The molecule has 0 unspecified atom stereocenters. The first-order valence-electron chi connectivity index (χ1n) is 5.46. The van der Waals surface area contributed by atoms with Gasteiger partial charge in [0.15, 0.2) is 0 Å². The Morgan fingerprint density at radius 3 is 2.65 bits per heavy atom. The molecule has 1 aromatic heterocycles. The second-order valence-electron chi connectivity index (χ2n) is 3.73. The first-order valence-corrected chi connectivity index (χ1v) is 7.05. The number of hydrogen-bond acceptors (Lipinski definition) is 5. The quantitative estimate of drug-likeness (QED) is 0.607. The standard InChI is InChI=1S/C12H9Br2N3O3/c1-15-11-5-8(17(18)19)6-12(16-11)20-10-3-2-7(13)4-9(10)14/h2-6H,1H3,(H,15,16). The van der Waals surface area contributed by atoms with Crippen LogP contribution in [0.15, 0.2) is 39.3 Å². The van der Waals surface area contributed by atoms with Crippen molar-refractivity contribution < 1.29 is 9.66 Å². The van der Waals surface area contributed by atoms with Gasteiger partial charge in [0, 0.05) is 11.5 Å². The second kappa shape index (κ2) is 6.19. The number of hydrogen-bond donors (Lipinski definition) is 1. The number of aromatic nitrogens is 1. The van der Waals surface area contributed by atoms with Crippen molar-refractivity contribution in [2.45, 2.75) is 0 Å². The summed E-state index contributed by atoms with van der Waals surface area (Å²) in [5, 5.41) is 13.6. The highest BCUT2D eigenvalue weighted by Crippen LogP contribution is 2.33. The molecule has 8 heteroatoms. The van der Waals surface area contributed by atoms with E-state index in [0.29, 0.717) is 16.0 Å². The van der Waals surface area contributed by atoms with Crippen LogP contribution < -0.4 is 10.1 Å². The number of nitro groups is 1. The number of benzene rings is 1. The Morgan fingerprint density at radius 2 is 2.05 bits per heavy atom. The van der Waals surface area contributed by atoms with Gasteiger partial charge in [0.1, 0.15) is 11.6 Å². The van der Waals surface area contributed by atoms with Crippen molar-refractivity contribution in [2.24, 2.45) is 0 Å². The van der Waals surface area contributed by atoms with Crippen LogP contribution in [0, 0.1) is 10.1 Å². The maximum Gasteiger partial charge on any atom is 0.278 e. The van der Waals surface area contributed by atoms with Crippen LogP contribution in [-0.2, 0) is 0 Å². The summed E-state index contributed by atoms with van der Waals surface area (Å²) in [6.07, 6.45) is 0. The average Bonchev–Trinajstić information content (AvgIpc) is 2.41. The Bertz CT molecular complexity index is 664. The van der Waals surface area contributed by atoms with Crippen LogP contribution >= 0.6 is 31.9 Å². The molecule has 0 radical (unpaired) electrons. The van der Waals surface area contributed by atoms with Gasteiger partial charge in [-0.15, -0.1) is 0 Å². The topological polar surface area (TPSA) is 77.3 Å². The Balaban J connectivity index is 2.37. The van der Waals surface area contributed by atoms with E-state index in [0.717, 1.165) is 4.47 Å². The van der Waals surface area contributed by atoms with Gasteiger partial charge < -0.3 is 10.1 Å². The number of halogens is 2. The summed E-state index contributed by atoms with van der Waals surface area (Å²) in [5.41, 5.74) is -0.0902. The molecule has 1 N–H and O–H groups in total. The van der Waals surface area contributed by atoms with Gasteiger partial charge in [0.05, 0.1) is 21.5 Å². The van der Waals surface area contributed by atoms with Crippen LogP contribution in [0.1, 0.15) is 0 Å². The lowest BCUT2D eigenvalue weighted by Crippen LogP contribution is -1.98. The van der Waals surface area contributed by atoms with Gasteiger partial charge in [-0.05, 0) is 34.1 Å². The SMILES string of the molecule is CNc1cc([N+](=O)[O-])cc(Oc2ccc(Br)cc2Br)n1. The highest BCUT2D eigenvalue weighted by molar-refractivity contribution is 9.11. The Morgan fingerprint density at radius 1 is 1.30 bits per heavy atom. The van der Waals surface area contributed by atoms with Crippen molar-refractivity contribution >= 4 is 43.4 Å². The summed E-state index contributed by atoms with van der Waals surface area (Å²) >= 11 is 6.69. The minimum Gasteiger partial charge on any atom is -0.438 e. The maximum atomic E-state index is 10.9. The van der Waals surface area contributed by atoms with Gasteiger partial charge in [-0.25, -0.2) is 0 Å². The van der Waals surface area contributed by atoms with E-state index < -0.39 is 4.92 Å². The third-order valence-electron chi connectivity index (χ3n) is 2.36. The van der Waals surface area contributed by atoms with E-state index in [9.17, 15) is 10.1 Å². The molecule has 0 bridgehead atoms. The minimum atomic E-state index is -0.494. The van der Waals surface area contributed by atoms with E-state index in [1.807, 2.05) is 6.07 Å². The highest BCUT2D eigenvalue weighted by Gasteiger charge is 2.13. The third kappa shape index (κ3) is 3.45. The van der Waals surface area contributed by atoms with Crippen molar-refractivity contribution in [1.82, 2.24) is 4.98 Å². The fourth-order valence-electron chi connectivity index (χ4n) is 1.45. The largest absolute Gasteiger partial charge is 0.438 e. The van der Waals surface area contributed by atoms with E-state index in [4.69, 9.17) is 4.74 Å². The number of nitrogens with one attached hydrogen (secondary N) is 1. The van der Waals surface area contributed by atoms with Crippen molar-refractivity contribution in [3.05, 3.63) is 49.4 Å². The van der Waals surface area contributed by atoms with E-state index >= 15 is 0 Å². The van der Waals surface area contributed by atoms with Crippen LogP contribution in [-0.4, -0.2) is 17.0 Å². The molecule has 6 nitrogen and oxygen atoms in total. The van der Waals surface area contributed by atoms with Gasteiger partial charge in [0.25, 0.3) is 5.69 Å². The smallest absolute Gasteiger partial charge is 0.278 e. The monoisotopic (exact) mass is 401 g/mol. The van der Waals surface area contributed by atoms with E-state index in [1.54, 1.807) is 19.2 Å². The lowest BCUT2D eigenvalue weighted by atomic mass is 10.3. The molecule has 0 fully saturated rings. The summed E-state index contributed by atoms with van der Waals surface area (Å²) in [4.78, 5) is 14.5. The van der Waals surface area contributed by atoms with Gasteiger partial charge >= 0.3 is 0 Å². The summed E-state index contributed by atoms with van der Waals surface area (Å²) < 4.78 is 7.18. The molecule has 1 heterocycles. The van der Waals surface area contributed by atoms with Crippen molar-refractivity contribution in [3.8, 4) is 11.6 Å². The lowest BCUT2D eigenvalue weighted by molar-refractivity contribution is -0.384. The molecular formula is C12H9Br2N3O3. The number of anilines is 1. The Hall–Kier alpha value is -1.67. The predicted molar refractivity (Wildman–Crippen MR) is 82.4 cm³/mol. The predicted octanol–water partition coefficient (Wildman–Crippen LogP) is 4.35. The minimum absolute atomic E-state index is 0.0902. The molecule has 1 aromatic carbocycles. The molecule has 0 aliphatic carbocycles. The van der Waals surface area contributed by atoms with E-state index in [-0.39, 0.29) is 11.6 Å². The molecule has 2 aromatic rings. The molecule has 20 heavy (non-hydrogen) atoms. The van der Waals surface area contributed by atoms with Crippen LogP contribution in [0.5, 0.6) is 11.6 Å². The molecule has 0 amide bonds. The van der Waals surface area contributed by atoms with Crippen molar-refractivity contribution in [1.29, 1.82) is 0 Å². The molecule has 0 atom stereocenters. The normalized spacial score (nSPS) is 10.2. The fourth-order valence-corrected chi connectivity index (χ4v) is 2.58. The van der Waals surface area contributed by atoms with E-state index in [2.05, 4.69) is 42.2 Å². The van der Waals surface area contributed by atoms with Crippen LogP contribution in [0.4, 0.5) is 11.5 Å². The summed E-state index contributed by atoms with van der Waals surface area (Å²) in [6, 6.07) is 7.95. The molecule has 0 saturated heterocycles. The Kier molecular flexibility index (Phi) is 4.56. The van der Waals surface area contributed by atoms with Crippen LogP contribution in [0.2, 0.25) is 0 Å². The van der Waals surface area contributed by atoms with Crippen molar-refractivity contribution in [2.75, 3.05) is 12.4 Å². The van der Waals surface area contributed by atoms with Crippen LogP contribution in [0.3, 0.4) is 0 Å². The van der Waals surface area contributed by atoms with Gasteiger partial charge in [-0.3, -0.25) is 10.1 Å². The molecule has 0 saturated carbocycles. The number of ether oxygens (including phenoxy) is 1. The maximum absolute atomic E-state index is 10.9. The molecule has 0 aliphatic rings. The summed E-state index contributed by atoms with van der Waals surface area (Å²) in [6.45, 7) is 0. The third-order valence-corrected chi connectivity index (χ3v) is 3.47. The van der Waals surface area contributed by atoms with Crippen molar-refractivity contribution in [3.63, 3.8) is 0 Å². The molecule has 104 valence electrons. The lowest BCUT2D eigenvalue weighted by Gasteiger charge is -2.08. The summed E-state index contributed by atoms with van der Waals surface area (Å²) in [7, 11) is 1.63. The zero-order valence-electron chi connectivity index (χ0n) is 10.3. The van der Waals surface area contributed by atoms with Crippen LogP contribution in [0.25, 0.3) is 0 Å². The molecule has 0 aliphatic heterocycles. The number of pyridine rings is 1. The zero-order valence-corrected chi connectivity index (χ0v) is 13.4. The van der Waals surface area contributed by atoms with Gasteiger partial charge in [0.2, 0.25) is 5.88 Å². The molecular weight excluding hydrogens is 394 g/mol. The average molecular weight is 403 g/mol. The number of rotatable bonds is 4. The zero-order chi connectivity index (χ0) is 14.7. The first-order chi connectivity index (χ1) is 9.49. The fraction of sp³-hybridized carbons (Fsp3) is 0.0833. The second-order valence-corrected chi connectivity index (χ2v) is 5.50. The van der Waals surface area contributed by atoms with E-state index in [1.165, 1.54) is 12.1 Å². The number of nitrogens with zero attached hydrogens (tertiary/aromatic N) is 2. The Labute approximate surface area is 131 Å².